The number of rotatable bonds is 6. The van der Waals surface area contributed by atoms with Crippen molar-refractivity contribution in [2.45, 2.75) is 12.9 Å². The quantitative estimate of drug-likeness (QED) is 0.766. The van der Waals surface area contributed by atoms with Gasteiger partial charge in [0.2, 0.25) is 0 Å². The summed E-state index contributed by atoms with van der Waals surface area (Å²) >= 11 is 0. The molecule has 1 heterocycles. The molecule has 1 fully saturated rings. The van der Waals surface area contributed by atoms with Crippen molar-refractivity contribution in [1.82, 2.24) is 15.1 Å². The lowest BCUT2D eigenvalue weighted by Gasteiger charge is -2.34. The van der Waals surface area contributed by atoms with Crippen LogP contribution in [-0.2, 0) is 6.54 Å². The highest BCUT2D eigenvalue weighted by Crippen LogP contribution is 2.26. The van der Waals surface area contributed by atoms with Crippen molar-refractivity contribution in [3.05, 3.63) is 71.8 Å². The third kappa shape index (κ3) is 6.81. The number of carbonyl (C=O) groups excluding carboxylic acids is 1. The summed E-state index contributed by atoms with van der Waals surface area (Å²) < 4.78 is 41.5. The second kappa shape index (κ2) is 10.2. The van der Waals surface area contributed by atoms with Gasteiger partial charge in [-0.05, 0) is 11.6 Å². The first-order valence-electron chi connectivity index (χ1n) is 9.71. The Bertz CT molecular complexity index is 848. The molecule has 0 aromatic heterocycles. The van der Waals surface area contributed by atoms with Crippen molar-refractivity contribution in [2.24, 2.45) is 0 Å². The van der Waals surface area contributed by atoms with E-state index in [1.807, 2.05) is 30.3 Å². The number of amides is 2. The number of carbonyl (C=O) groups is 1. The van der Waals surface area contributed by atoms with Gasteiger partial charge in [0.15, 0.2) is 0 Å². The fourth-order valence-electron chi connectivity index (χ4n) is 3.19. The largest absolute Gasteiger partial charge is 0.573 e. The molecule has 1 N–H and O–H groups in total. The minimum Gasteiger partial charge on any atom is -0.405 e. The summed E-state index contributed by atoms with van der Waals surface area (Å²) in [6, 6.07) is 15.5. The van der Waals surface area contributed by atoms with E-state index in [1.54, 1.807) is 11.0 Å². The molecule has 1 aliphatic heterocycles. The van der Waals surface area contributed by atoms with Gasteiger partial charge in [0.1, 0.15) is 5.75 Å². The third-order valence-electron chi connectivity index (χ3n) is 4.76. The molecular weight excluding hydrogens is 395 g/mol. The summed E-state index contributed by atoms with van der Waals surface area (Å²) in [7, 11) is 0. The van der Waals surface area contributed by atoms with E-state index < -0.39 is 6.36 Å². The van der Waals surface area contributed by atoms with Gasteiger partial charge in [-0.2, -0.15) is 0 Å². The number of alkyl halides is 3. The Kier molecular flexibility index (Phi) is 7.35. The molecule has 1 saturated heterocycles. The lowest BCUT2D eigenvalue weighted by molar-refractivity contribution is -0.274. The molecule has 0 radical (unpaired) electrons. The number of halogens is 3. The van der Waals surface area contributed by atoms with E-state index in [0.717, 1.165) is 25.2 Å². The highest BCUT2D eigenvalue weighted by molar-refractivity contribution is 5.74. The first kappa shape index (κ1) is 21.7. The first-order valence-corrected chi connectivity index (χ1v) is 9.71. The molecule has 30 heavy (non-hydrogen) atoms. The Hall–Kier alpha value is -3.00. The summed E-state index contributed by atoms with van der Waals surface area (Å²) in [6.07, 6.45) is -0.604. The number of hydrogen-bond donors (Lipinski definition) is 1. The van der Waals surface area contributed by atoms with Gasteiger partial charge in [0.05, 0.1) is 0 Å². The number of para-hydroxylation sites is 1. The van der Waals surface area contributed by atoms with Crippen LogP contribution in [0, 0.1) is 0 Å². The van der Waals surface area contributed by atoms with Gasteiger partial charge in [-0.1, -0.05) is 60.7 Å². The lowest BCUT2D eigenvalue weighted by atomic mass is 10.2. The molecule has 2 amide bonds. The molecule has 0 bridgehead atoms. The van der Waals surface area contributed by atoms with E-state index in [9.17, 15) is 18.0 Å². The normalized spacial score (nSPS) is 15.4. The van der Waals surface area contributed by atoms with Crippen LogP contribution in [0.2, 0.25) is 0 Å². The molecule has 8 heteroatoms. The number of ether oxygens (including phenoxy) is 1. The van der Waals surface area contributed by atoms with Gasteiger partial charge in [-0.25, -0.2) is 4.79 Å². The number of nitrogens with one attached hydrogen (secondary N) is 1. The average molecular weight is 419 g/mol. The molecule has 0 aliphatic carbocycles. The van der Waals surface area contributed by atoms with Crippen LogP contribution in [-0.4, -0.2) is 54.9 Å². The average Bonchev–Trinajstić information content (AvgIpc) is 2.73. The number of hydrogen-bond acceptors (Lipinski definition) is 3. The number of urea groups is 1. The van der Waals surface area contributed by atoms with Gasteiger partial charge in [0.25, 0.3) is 0 Å². The van der Waals surface area contributed by atoms with Crippen LogP contribution in [0.5, 0.6) is 5.75 Å². The van der Waals surface area contributed by atoms with E-state index in [2.05, 4.69) is 27.1 Å². The Morgan fingerprint density at radius 1 is 1.00 bits per heavy atom. The predicted molar refractivity (Wildman–Crippen MR) is 109 cm³/mol. The van der Waals surface area contributed by atoms with Crippen LogP contribution in [0.3, 0.4) is 0 Å². The molecule has 0 unspecified atom stereocenters. The molecular formula is C22H24F3N3O2. The molecule has 1 aliphatic rings. The minimum absolute atomic E-state index is 0.0366. The highest BCUT2D eigenvalue weighted by atomic mass is 19.4. The van der Waals surface area contributed by atoms with Crippen molar-refractivity contribution < 1.29 is 22.7 Å². The van der Waals surface area contributed by atoms with Crippen LogP contribution in [0.25, 0.3) is 6.08 Å². The summed E-state index contributed by atoms with van der Waals surface area (Å²) in [5.41, 5.74) is 1.41. The van der Waals surface area contributed by atoms with Crippen molar-refractivity contribution in [3.63, 3.8) is 0 Å². The van der Waals surface area contributed by atoms with Crippen LogP contribution in [0.1, 0.15) is 11.1 Å². The van der Waals surface area contributed by atoms with E-state index in [-0.39, 0.29) is 23.9 Å². The fourth-order valence-corrected chi connectivity index (χ4v) is 3.19. The van der Waals surface area contributed by atoms with Gasteiger partial charge >= 0.3 is 12.4 Å². The zero-order chi connectivity index (χ0) is 21.4. The van der Waals surface area contributed by atoms with E-state index in [0.29, 0.717) is 13.1 Å². The molecule has 2 aromatic rings. The number of nitrogens with zero attached hydrogens (tertiary/aromatic N) is 2. The minimum atomic E-state index is -4.77. The first-order chi connectivity index (χ1) is 14.4. The molecule has 2 aromatic carbocycles. The molecule has 160 valence electrons. The second-order valence-corrected chi connectivity index (χ2v) is 6.91. The molecule has 0 atom stereocenters. The van der Waals surface area contributed by atoms with Crippen molar-refractivity contribution in [2.75, 3.05) is 32.7 Å². The van der Waals surface area contributed by atoms with E-state index in [4.69, 9.17) is 0 Å². The van der Waals surface area contributed by atoms with Crippen LogP contribution in [0.4, 0.5) is 18.0 Å². The van der Waals surface area contributed by atoms with Crippen molar-refractivity contribution in [3.8, 4) is 5.75 Å². The molecule has 0 saturated carbocycles. The Balaban J connectivity index is 1.43. The van der Waals surface area contributed by atoms with E-state index >= 15 is 0 Å². The van der Waals surface area contributed by atoms with Gasteiger partial charge in [0, 0.05) is 44.8 Å². The topological polar surface area (TPSA) is 44.8 Å². The number of benzene rings is 2. The SMILES string of the molecule is O=C(NCc1ccccc1OC(F)(F)F)N1CCN(C/C=C/c2ccccc2)CC1. The van der Waals surface area contributed by atoms with Crippen LogP contribution >= 0.6 is 0 Å². The third-order valence-corrected chi connectivity index (χ3v) is 4.76. The zero-order valence-corrected chi connectivity index (χ0v) is 16.4. The molecule has 0 spiro atoms. The maximum Gasteiger partial charge on any atom is 0.573 e. The standard InChI is InChI=1S/C22H24F3N3O2/c23-22(24,25)30-20-11-5-4-10-19(20)17-26-21(29)28-15-13-27(14-16-28)12-6-9-18-7-2-1-3-8-18/h1-11H,12-17H2,(H,26,29)/b9-6+. The molecule has 3 rings (SSSR count). The molecule has 5 nitrogen and oxygen atoms in total. The lowest BCUT2D eigenvalue weighted by Crippen LogP contribution is -2.51. The van der Waals surface area contributed by atoms with Gasteiger partial charge in [-0.3, -0.25) is 4.90 Å². The predicted octanol–water partition coefficient (Wildman–Crippen LogP) is 4.13. The monoisotopic (exact) mass is 419 g/mol. The summed E-state index contributed by atoms with van der Waals surface area (Å²) in [5, 5.41) is 2.68. The summed E-state index contributed by atoms with van der Waals surface area (Å²) in [5.74, 6) is -0.305. The van der Waals surface area contributed by atoms with Crippen molar-refractivity contribution >= 4 is 12.1 Å². The fraction of sp³-hybridized carbons (Fsp3) is 0.318. The summed E-state index contributed by atoms with van der Waals surface area (Å²) in [6.45, 7) is 3.36. The van der Waals surface area contributed by atoms with Gasteiger partial charge < -0.3 is 15.0 Å². The number of piperazine rings is 1. The van der Waals surface area contributed by atoms with Crippen LogP contribution in [0.15, 0.2) is 60.7 Å². The van der Waals surface area contributed by atoms with Crippen molar-refractivity contribution in [1.29, 1.82) is 0 Å². The zero-order valence-electron chi connectivity index (χ0n) is 16.4. The van der Waals surface area contributed by atoms with Gasteiger partial charge in [-0.15, -0.1) is 13.2 Å². The second-order valence-electron chi connectivity index (χ2n) is 6.91. The Labute approximate surface area is 173 Å². The Morgan fingerprint density at radius 2 is 1.67 bits per heavy atom. The smallest absolute Gasteiger partial charge is 0.405 e. The Morgan fingerprint density at radius 3 is 2.37 bits per heavy atom. The van der Waals surface area contributed by atoms with Crippen LogP contribution < -0.4 is 10.1 Å². The maximum atomic E-state index is 12.5. The maximum absolute atomic E-state index is 12.5. The highest BCUT2D eigenvalue weighted by Gasteiger charge is 2.32. The summed E-state index contributed by atoms with van der Waals surface area (Å²) in [4.78, 5) is 16.3. The van der Waals surface area contributed by atoms with E-state index in [1.165, 1.54) is 18.2 Å².